The van der Waals surface area contributed by atoms with Crippen LogP contribution in [0.1, 0.15) is 22.2 Å². The largest absolute Gasteiger partial charge is 0.383 e. The third kappa shape index (κ3) is 4.25. The van der Waals surface area contributed by atoms with Gasteiger partial charge in [0.05, 0.1) is 40.0 Å². The summed E-state index contributed by atoms with van der Waals surface area (Å²) in [5.41, 5.74) is 2.95. The van der Waals surface area contributed by atoms with Crippen LogP contribution in [-0.2, 0) is 16.1 Å². The van der Waals surface area contributed by atoms with Crippen LogP contribution in [0.15, 0.2) is 69.5 Å². The average Bonchev–Trinajstić information content (AvgIpc) is 3.61. The number of ether oxygens (including phenoxy) is 1. The van der Waals surface area contributed by atoms with Gasteiger partial charge < -0.3 is 9.30 Å². The zero-order chi connectivity index (χ0) is 21.9. The van der Waals surface area contributed by atoms with Crippen LogP contribution in [0.25, 0.3) is 11.0 Å². The number of carbonyl (C=O) groups excluding carboxylic acids is 1. The lowest BCUT2D eigenvalue weighted by Crippen LogP contribution is -2.28. The van der Waals surface area contributed by atoms with Crippen molar-refractivity contribution in [1.29, 1.82) is 0 Å². The number of methoxy groups -OCH3 is 1. The molecule has 4 heterocycles. The maximum atomic E-state index is 13.3. The van der Waals surface area contributed by atoms with Crippen molar-refractivity contribution < 1.29 is 9.53 Å². The lowest BCUT2D eigenvalue weighted by molar-refractivity contribution is -0.130. The van der Waals surface area contributed by atoms with E-state index in [-0.39, 0.29) is 17.7 Å². The summed E-state index contributed by atoms with van der Waals surface area (Å²) in [7, 11) is 1.69. The molecule has 0 spiro atoms. The normalized spacial score (nSPS) is 16.1. The molecule has 32 heavy (non-hydrogen) atoms. The highest BCUT2D eigenvalue weighted by atomic mass is 32.2. The van der Waals surface area contributed by atoms with E-state index in [4.69, 9.17) is 14.8 Å². The van der Waals surface area contributed by atoms with Gasteiger partial charge in [-0.1, -0.05) is 36.0 Å². The summed E-state index contributed by atoms with van der Waals surface area (Å²) in [5, 5.41) is 11.3. The molecule has 1 aromatic carbocycles. The molecule has 9 heteroatoms. The van der Waals surface area contributed by atoms with E-state index in [0.29, 0.717) is 13.2 Å². The van der Waals surface area contributed by atoms with Gasteiger partial charge in [0.2, 0.25) is 0 Å². The summed E-state index contributed by atoms with van der Waals surface area (Å²) in [6.07, 6.45) is 0.740. The van der Waals surface area contributed by atoms with Crippen LogP contribution in [0.2, 0.25) is 0 Å². The van der Waals surface area contributed by atoms with Crippen LogP contribution in [-0.4, -0.2) is 45.6 Å². The average molecular weight is 483 g/mol. The zero-order valence-electron chi connectivity index (χ0n) is 17.5. The third-order valence-corrected chi connectivity index (χ3v) is 8.16. The second-order valence-corrected chi connectivity index (χ2v) is 10.2. The highest BCUT2D eigenvalue weighted by Gasteiger charge is 2.34. The number of thiophene rings is 2. The molecule has 1 aliphatic heterocycles. The van der Waals surface area contributed by atoms with E-state index < -0.39 is 0 Å². The molecule has 4 aromatic rings. The maximum Gasteiger partial charge on any atom is 0.253 e. The lowest BCUT2D eigenvalue weighted by atomic mass is 10.1. The minimum absolute atomic E-state index is 0.00898. The number of hydrogen-bond acceptors (Lipinski definition) is 7. The molecule has 0 fully saturated rings. The van der Waals surface area contributed by atoms with Crippen molar-refractivity contribution in [2.75, 3.05) is 19.5 Å². The predicted molar refractivity (Wildman–Crippen MR) is 132 cm³/mol. The number of hydrogen-bond donors (Lipinski definition) is 0. The van der Waals surface area contributed by atoms with Crippen LogP contribution in [0.3, 0.4) is 0 Å². The molecule has 0 saturated heterocycles. The van der Waals surface area contributed by atoms with Crippen molar-refractivity contribution in [3.05, 3.63) is 69.0 Å². The van der Waals surface area contributed by atoms with Crippen molar-refractivity contribution in [1.82, 2.24) is 14.6 Å². The summed E-state index contributed by atoms with van der Waals surface area (Å²) in [6.45, 7) is 1.28. The van der Waals surface area contributed by atoms with Gasteiger partial charge in [0, 0.05) is 25.0 Å². The highest BCUT2D eigenvalue weighted by molar-refractivity contribution is 7.99. The van der Waals surface area contributed by atoms with E-state index >= 15 is 0 Å². The Bertz CT molecular complexity index is 1230. The topological polar surface area (TPSA) is 59.7 Å². The van der Waals surface area contributed by atoms with Gasteiger partial charge in [0.25, 0.3) is 5.91 Å². The Balaban J connectivity index is 1.38. The van der Waals surface area contributed by atoms with E-state index in [0.717, 1.165) is 38.1 Å². The Kier molecular flexibility index (Phi) is 6.40. The quantitative estimate of drug-likeness (QED) is 0.321. The van der Waals surface area contributed by atoms with Gasteiger partial charge in [-0.05, 0) is 35.0 Å². The molecule has 0 bridgehead atoms. The number of imidazole rings is 1. The number of hydrazone groups is 1. The maximum absolute atomic E-state index is 13.3. The Morgan fingerprint density at radius 1 is 1.16 bits per heavy atom. The Morgan fingerprint density at radius 3 is 2.78 bits per heavy atom. The van der Waals surface area contributed by atoms with Crippen molar-refractivity contribution in [2.45, 2.75) is 24.2 Å². The number of para-hydroxylation sites is 2. The first-order valence-corrected chi connectivity index (χ1v) is 13.0. The number of nitrogens with zero attached hydrogens (tertiary/aromatic N) is 4. The standard InChI is InChI=1S/C23H22N4O2S3/c1-29-11-10-26-18-7-3-2-6-16(18)24-23(26)32-15-22(28)27-19(21-9-5-13-31-21)14-17(25-27)20-8-4-12-30-20/h2-9,12-13,19H,10-11,14-15H2,1H3. The molecule has 1 unspecified atom stereocenters. The monoisotopic (exact) mass is 482 g/mol. The first kappa shape index (κ1) is 21.4. The number of rotatable bonds is 8. The molecule has 1 aliphatic rings. The van der Waals surface area contributed by atoms with Gasteiger partial charge in [-0.15, -0.1) is 22.7 Å². The van der Waals surface area contributed by atoms with Gasteiger partial charge in [-0.2, -0.15) is 5.10 Å². The Labute approximate surface area is 198 Å². The van der Waals surface area contributed by atoms with Crippen LogP contribution >= 0.6 is 34.4 Å². The van der Waals surface area contributed by atoms with Crippen LogP contribution in [0.5, 0.6) is 0 Å². The minimum Gasteiger partial charge on any atom is -0.383 e. The zero-order valence-corrected chi connectivity index (χ0v) is 20.0. The van der Waals surface area contributed by atoms with E-state index in [1.165, 1.54) is 11.8 Å². The molecule has 1 atom stereocenters. The van der Waals surface area contributed by atoms with Crippen LogP contribution < -0.4 is 0 Å². The fourth-order valence-electron chi connectivity index (χ4n) is 3.79. The molecule has 5 rings (SSSR count). The molecule has 0 aliphatic carbocycles. The van der Waals surface area contributed by atoms with Crippen LogP contribution in [0.4, 0.5) is 0 Å². The van der Waals surface area contributed by atoms with Gasteiger partial charge in [-0.25, -0.2) is 9.99 Å². The lowest BCUT2D eigenvalue weighted by Gasteiger charge is -2.20. The molecule has 164 valence electrons. The predicted octanol–water partition coefficient (Wildman–Crippen LogP) is 5.28. The summed E-state index contributed by atoms with van der Waals surface area (Å²) in [4.78, 5) is 20.4. The second-order valence-electron chi connectivity index (χ2n) is 7.31. The Morgan fingerprint density at radius 2 is 2.00 bits per heavy atom. The molecule has 1 amide bonds. The van der Waals surface area contributed by atoms with Gasteiger partial charge in [0.1, 0.15) is 0 Å². The number of amides is 1. The van der Waals surface area contributed by atoms with Crippen molar-refractivity contribution in [3.63, 3.8) is 0 Å². The van der Waals surface area contributed by atoms with E-state index in [1.807, 2.05) is 41.1 Å². The molecule has 3 aromatic heterocycles. The summed E-state index contributed by atoms with van der Waals surface area (Å²) in [5.74, 6) is 0.268. The third-order valence-electron chi connectivity index (χ3n) is 5.31. The van der Waals surface area contributed by atoms with Gasteiger partial charge in [-0.3, -0.25) is 4.79 Å². The van der Waals surface area contributed by atoms with Gasteiger partial charge >= 0.3 is 0 Å². The van der Waals surface area contributed by atoms with Crippen molar-refractivity contribution >= 4 is 57.1 Å². The molecular formula is C23H22N4O2S3. The number of carbonyl (C=O) groups is 1. The Hall–Kier alpha value is -2.46. The van der Waals surface area contributed by atoms with E-state index in [1.54, 1.807) is 34.8 Å². The van der Waals surface area contributed by atoms with Crippen LogP contribution in [0, 0.1) is 0 Å². The smallest absolute Gasteiger partial charge is 0.253 e. The second kappa shape index (κ2) is 9.58. The number of aromatic nitrogens is 2. The molecule has 0 N–H and O–H groups in total. The first-order valence-electron chi connectivity index (χ1n) is 10.3. The highest BCUT2D eigenvalue weighted by Crippen LogP contribution is 2.36. The molecule has 0 saturated carbocycles. The van der Waals surface area contributed by atoms with E-state index in [9.17, 15) is 4.79 Å². The summed E-state index contributed by atoms with van der Waals surface area (Å²) >= 11 is 4.79. The first-order chi connectivity index (χ1) is 15.7. The summed E-state index contributed by atoms with van der Waals surface area (Å²) < 4.78 is 7.40. The van der Waals surface area contributed by atoms with E-state index in [2.05, 4.69) is 22.8 Å². The van der Waals surface area contributed by atoms with Crippen molar-refractivity contribution in [3.8, 4) is 0 Å². The summed E-state index contributed by atoms with van der Waals surface area (Å²) in [6, 6.07) is 16.2. The fourth-order valence-corrected chi connectivity index (χ4v) is 6.22. The number of fused-ring (bicyclic) bond motifs is 1. The molecular weight excluding hydrogens is 460 g/mol. The van der Waals surface area contributed by atoms with Gasteiger partial charge in [0.15, 0.2) is 5.16 Å². The number of thioether (sulfide) groups is 1. The molecule has 0 radical (unpaired) electrons. The number of benzene rings is 1. The fraction of sp³-hybridized carbons (Fsp3) is 0.261. The molecule has 6 nitrogen and oxygen atoms in total. The minimum atomic E-state index is -0.0486. The van der Waals surface area contributed by atoms with Crippen molar-refractivity contribution in [2.24, 2.45) is 5.10 Å². The SMILES string of the molecule is COCCn1c(SCC(=O)N2N=C(c3cccs3)CC2c2cccs2)nc2ccccc21.